The van der Waals surface area contributed by atoms with Crippen molar-refractivity contribution >= 4 is 45.7 Å². The fourth-order valence-electron chi connectivity index (χ4n) is 1.77. The first-order valence-corrected chi connectivity index (χ1v) is 8.67. The zero-order valence-corrected chi connectivity index (χ0v) is 14.0. The Hall–Kier alpha value is -2.10. The van der Waals surface area contributed by atoms with Crippen LogP contribution in [0.1, 0.15) is 0 Å². The van der Waals surface area contributed by atoms with E-state index in [4.69, 9.17) is 17.4 Å². The summed E-state index contributed by atoms with van der Waals surface area (Å²) in [6, 6.07) is 7.21. The van der Waals surface area contributed by atoms with Gasteiger partial charge in [0.15, 0.2) is 11.0 Å². The summed E-state index contributed by atoms with van der Waals surface area (Å²) in [5.41, 5.74) is 0.684. The van der Waals surface area contributed by atoms with Crippen molar-refractivity contribution in [2.45, 2.75) is 5.16 Å². The average Bonchev–Trinajstić information content (AvgIpc) is 3.16. The molecule has 118 valence electrons. The minimum Gasteiger partial charge on any atom is -0.335 e. The van der Waals surface area contributed by atoms with Crippen LogP contribution in [0.3, 0.4) is 0 Å². The minimum absolute atomic E-state index is 0.150. The molecule has 0 atom stereocenters. The fourth-order valence-corrected chi connectivity index (χ4v) is 3.19. The number of nitrogens with two attached hydrogens (primary N) is 1. The number of carbonyl (C=O) groups is 1. The van der Waals surface area contributed by atoms with E-state index in [0.717, 1.165) is 0 Å². The van der Waals surface area contributed by atoms with E-state index in [1.54, 1.807) is 23.7 Å². The van der Waals surface area contributed by atoms with Gasteiger partial charge in [-0.25, -0.2) is 9.66 Å². The zero-order chi connectivity index (χ0) is 16.2. The summed E-state index contributed by atoms with van der Waals surface area (Å²) in [5, 5.41) is 14.0. The second-order valence-corrected chi connectivity index (χ2v) is 6.57. The van der Waals surface area contributed by atoms with Crippen LogP contribution in [0, 0.1) is 0 Å². The van der Waals surface area contributed by atoms with E-state index >= 15 is 0 Å². The molecule has 23 heavy (non-hydrogen) atoms. The van der Waals surface area contributed by atoms with Gasteiger partial charge < -0.3 is 11.2 Å². The zero-order valence-electron chi connectivity index (χ0n) is 11.6. The van der Waals surface area contributed by atoms with Gasteiger partial charge >= 0.3 is 0 Å². The van der Waals surface area contributed by atoms with E-state index < -0.39 is 0 Å². The number of hydrogen-bond acceptors (Lipinski definition) is 7. The van der Waals surface area contributed by atoms with Gasteiger partial charge in [0, 0.05) is 17.1 Å². The largest absolute Gasteiger partial charge is 0.335 e. The van der Waals surface area contributed by atoms with Gasteiger partial charge in [-0.05, 0) is 12.1 Å². The Kier molecular flexibility index (Phi) is 4.79. The van der Waals surface area contributed by atoms with Crippen molar-refractivity contribution in [2.24, 2.45) is 0 Å². The molecule has 0 radical (unpaired) electrons. The van der Waals surface area contributed by atoms with E-state index in [-0.39, 0.29) is 11.7 Å². The Bertz CT molecular complexity index is 820. The lowest BCUT2D eigenvalue weighted by atomic mass is 10.2. The lowest BCUT2D eigenvalue weighted by molar-refractivity contribution is -0.113. The molecule has 0 saturated carbocycles. The van der Waals surface area contributed by atoms with Gasteiger partial charge in [0.1, 0.15) is 0 Å². The number of aromatic nitrogens is 4. The first-order valence-electron chi connectivity index (χ1n) is 6.42. The third-order valence-corrected chi connectivity index (χ3v) is 4.75. The van der Waals surface area contributed by atoms with Crippen LogP contribution in [0.4, 0.5) is 5.13 Å². The molecule has 0 fully saturated rings. The van der Waals surface area contributed by atoms with Crippen molar-refractivity contribution in [3.8, 4) is 11.4 Å². The van der Waals surface area contributed by atoms with Gasteiger partial charge in [-0.2, -0.15) is 0 Å². The maximum absolute atomic E-state index is 11.8. The van der Waals surface area contributed by atoms with Crippen molar-refractivity contribution in [3.05, 3.63) is 40.9 Å². The topological polar surface area (TPSA) is 98.7 Å². The number of nitrogens with zero attached hydrogens (tertiary/aromatic N) is 4. The SMILES string of the molecule is Nn1c(SCC(=O)Nc2nccs2)nnc1-c1ccccc1Cl. The van der Waals surface area contributed by atoms with Gasteiger partial charge in [-0.15, -0.1) is 21.5 Å². The van der Waals surface area contributed by atoms with Crippen molar-refractivity contribution in [1.82, 2.24) is 19.9 Å². The second-order valence-electron chi connectivity index (χ2n) is 4.33. The van der Waals surface area contributed by atoms with Crippen molar-refractivity contribution in [1.29, 1.82) is 0 Å². The van der Waals surface area contributed by atoms with Gasteiger partial charge in [0.2, 0.25) is 11.1 Å². The normalized spacial score (nSPS) is 10.7. The standard InChI is InChI=1S/C13H11ClN6OS2/c14-9-4-2-1-3-8(9)11-18-19-13(20(11)15)23-7-10(21)17-12-16-5-6-22-12/h1-6H,7,15H2,(H,16,17,21). The fraction of sp³-hybridized carbons (Fsp3) is 0.0769. The summed E-state index contributed by atoms with van der Waals surface area (Å²) in [5.74, 6) is 6.40. The Balaban J connectivity index is 1.68. The van der Waals surface area contributed by atoms with E-state index in [1.807, 2.05) is 12.1 Å². The Labute approximate surface area is 144 Å². The van der Waals surface area contributed by atoms with Crippen LogP contribution < -0.4 is 11.2 Å². The molecule has 0 aliphatic carbocycles. The number of nitrogens with one attached hydrogen (secondary N) is 1. The van der Waals surface area contributed by atoms with Gasteiger partial charge in [0.05, 0.1) is 10.8 Å². The molecule has 1 aromatic carbocycles. The molecule has 2 heterocycles. The summed E-state index contributed by atoms with van der Waals surface area (Å²) < 4.78 is 1.32. The van der Waals surface area contributed by atoms with E-state index in [0.29, 0.717) is 26.7 Å². The lowest BCUT2D eigenvalue weighted by Gasteiger charge is -2.05. The number of amides is 1. The Morgan fingerprint density at radius 2 is 2.22 bits per heavy atom. The first-order chi connectivity index (χ1) is 11.1. The van der Waals surface area contributed by atoms with Crippen molar-refractivity contribution in [3.63, 3.8) is 0 Å². The number of benzene rings is 1. The monoisotopic (exact) mass is 366 g/mol. The molecule has 0 spiro atoms. The first kappa shape index (κ1) is 15.8. The molecule has 1 amide bonds. The molecule has 2 aromatic heterocycles. The molecular formula is C13H11ClN6OS2. The van der Waals surface area contributed by atoms with Crippen LogP contribution in [-0.4, -0.2) is 31.5 Å². The highest BCUT2D eigenvalue weighted by atomic mass is 35.5. The molecule has 3 aromatic rings. The Morgan fingerprint density at radius 1 is 1.39 bits per heavy atom. The Morgan fingerprint density at radius 3 is 2.96 bits per heavy atom. The summed E-state index contributed by atoms with van der Waals surface area (Å²) in [6.45, 7) is 0. The number of hydrogen-bond donors (Lipinski definition) is 2. The van der Waals surface area contributed by atoms with Gasteiger partial charge in [-0.1, -0.05) is 35.5 Å². The van der Waals surface area contributed by atoms with Gasteiger partial charge in [0.25, 0.3) is 0 Å². The highest BCUT2D eigenvalue weighted by Crippen LogP contribution is 2.27. The number of rotatable bonds is 5. The van der Waals surface area contributed by atoms with Crippen molar-refractivity contribution < 1.29 is 4.79 Å². The summed E-state index contributed by atoms with van der Waals surface area (Å²) in [4.78, 5) is 15.8. The summed E-state index contributed by atoms with van der Waals surface area (Å²) in [7, 11) is 0. The van der Waals surface area contributed by atoms with E-state index in [9.17, 15) is 4.79 Å². The molecule has 0 saturated heterocycles. The van der Waals surface area contributed by atoms with Crippen LogP contribution in [-0.2, 0) is 4.79 Å². The van der Waals surface area contributed by atoms with E-state index in [2.05, 4.69) is 20.5 Å². The third kappa shape index (κ3) is 3.63. The van der Waals surface area contributed by atoms with Crippen LogP contribution in [0.5, 0.6) is 0 Å². The van der Waals surface area contributed by atoms with Crippen LogP contribution in [0.2, 0.25) is 5.02 Å². The maximum atomic E-state index is 11.8. The molecule has 10 heteroatoms. The average molecular weight is 367 g/mol. The molecular weight excluding hydrogens is 356 g/mol. The highest BCUT2D eigenvalue weighted by Gasteiger charge is 2.15. The molecule has 3 rings (SSSR count). The van der Waals surface area contributed by atoms with Crippen LogP contribution in [0.25, 0.3) is 11.4 Å². The number of thioether (sulfide) groups is 1. The minimum atomic E-state index is -0.188. The molecule has 7 nitrogen and oxygen atoms in total. The van der Waals surface area contributed by atoms with Crippen LogP contribution >= 0.6 is 34.7 Å². The number of nitrogen functional groups attached to an aromatic ring is 1. The smallest absolute Gasteiger partial charge is 0.236 e. The quantitative estimate of drug-likeness (QED) is 0.531. The highest BCUT2D eigenvalue weighted by molar-refractivity contribution is 7.99. The van der Waals surface area contributed by atoms with Gasteiger partial charge in [-0.3, -0.25) is 4.79 Å². The predicted octanol–water partition coefficient (Wildman–Crippen LogP) is 2.50. The molecule has 0 unspecified atom stereocenters. The maximum Gasteiger partial charge on any atom is 0.236 e. The number of thiazole rings is 1. The number of carbonyl (C=O) groups excluding carboxylic acids is 1. The van der Waals surface area contributed by atoms with Crippen LogP contribution in [0.15, 0.2) is 41.0 Å². The molecule has 0 aliphatic rings. The lowest BCUT2D eigenvalue weighted by Crippen LogP contribution is -2.16. The predicted molar refractivity (Wildman–Crippen MR) is 92.1 cm³/mol. The second kappa shape index (κ2) is 6.99. The molecule has 0 aliphatic heterocycles. The summed E-state index contributed by atoms with van der Waals surface area (Å²) in [6.07, 6.45) is 1.62. The number of halogens is 1. The summed E-state index contributed by atoms with van der Waals surface area (Å²) >= 11 is 8.67. The molecule has 0 bridgehead atoms. The number of anilines is 1. The van der Waals surface area contributed by atoms with E-state index in [1.165, 1.54) is 27.8 Å². The third-order valence-electron chi connectivity index (χ3n) is 2.79. The molecule has 3 N–H and O–H groups in total. The van der Waals surface area contributed by atoms with Crippen molar-refractivity contribution in [2.75, 3.05) is 16.9 Å².